The zero-order valence-electron chi connectivity index (χ0n) is 28.1. The van der Waals surface area contributed by atoms with Gasteiger partial charge in [-0.1, -0.05) is 164 Å². The topological polar surface area (TPSA) is 0 Å². The van der Waals surface area contributed by atoms with E-state index >= 15 is 0 Å². The third-order valence-corrected chi connectivity index (χ3v) is 13.1. The van der Waals surface area contributed by atoms with Crippen molar-refractivity contribution in [1.29, 1.82) is 0 Å². The molecule has 0 aliphatic heterocycles. The Bertz CT molecular complexity index is 3110. The van der Waals surface area contributed by atoms with Gasteiger partial charge in [-0.15, -0.1) is 22.7 Å². The molecule has 242 valence electrons. The highest BCUT2D eigenvalue weighted by molar-refractivity contribution is 7.27. The molecular weight excluding hydrogens is 665 g/mol. The van der Waals surface area contributed by atoms with E-state index in [9.17, 15) is 0 Å². The van der Waals surface area contributed by atoms with Crippen LogP contribution < -0.4 is 0 Å². The molecule has 2 heteroatoms. The Kier molecular flexibility index (Phi) is 6.70. The Morgan fingerprint density at radius 2 is 0.865 bits per heavy atom. The highest BCUT2D eigenvalue weighted by Gasteiger charge is 2.23. The van der Waals surface area contributed by atoms with Crippen LogP contribution in [0.25, 0.3) is 106 Å². The molecule has 0 radical (unpaired) electrons. The van der Waals surface area contributed by atoms with Crippen molar-refractivity contribution < 1.29 is 0 Å². The summed E-state index contributed by atoms with van der Waals surface area (Å²) >= 11 is 3.84. The van der Waals surface area contributed by atoms with Gasteiger partial charge in [0.05, 0.1) is 0 Å². The average Bonchev–Trinajstić information content (AvgIpc) is 3.79. The summed E-state index contributed by atoms with van der Waals surface area (Å²) in [7, 11) is 0. The fourth-order valence-electron chi connectivity index (χ4n) is 8.42. The minimum absolute atomic E-state index is 1.25. The minimum Gasteiger partial charge on any atom is -0.135 e. The molecule has 0 amide bonds. The molecule has 0 aliphatic carbocycles. The van der Waals surface area contributed by atoms with E-state index in [1.165, 1.54) is 106 Å². The molecule has 0 saturated heterocycles. The van der Waals surface area contributed by atoms with Crippen LogP contribution >= 0.6 is 22.7 Å². The molecule has 52 heavy (non-hydrogen) atoms. The van der Waals surface area contributed by atoms with E-state index in [2.05, 4.69) is 182 Å². The lowest BCUT2D eigenvalue weighted by Gasteiger charge is -2.18. The summed E-state index contributed by atoms with van der Waals surface area (Å²) in [6.07, 6.45) is 0. The van der Waals surface area contributed by atoms with E-state index in [4.69, 9.17) is 0 Å². The molecular formula is C50H30S2. The van der Waals surface area contributed by atoms with E-state index in [0.29, 0.717) is 0 Å². The summed E-state index contributed by atoms with van der Waals surface area (Å²) in [5.41, 5.74) is 9.01. The summed E-state index contributed by atoms with van der Waals surface area (Å²) in [5, 5.41) is 11.7. The first-order valence-electron chi connectivity index (χ1n) is 17.8. The van der Waals surface area contributed by atoms with Gasteiger partial charge in [-0.05, 0) is 78.3 Å². The van der Waals surface area contributed by atoms with Crippen LogP contribution in [-0.4, -0.2) is 0 Å². The number of benzene rings is 9. The highest BCUT2D eigenvalue weighted by Crippen LogP contribution is 2.53. The standard InChI is InChI=1S/C50H30S2/c1-3-15-32(16-4-1)45-48-43(51-49(45)33-17-5-2-6-18-33)29-28-42-47(48)41-25-13-24-40(50(41)52-42)46-38-22-11-9-20-36(38)44(37-21-10-12-23-39(37)46)35-27-26-31-14-7-8-19-34(31)30-35/h1-30H. The van der Waals surface area contributed by atoms with Crippen LogP contribution in [0, 0.1) is 0 Å². The summed E-state index contributed by atoms with van der Waals surface area (Å²) in [5.74, 6) is 0. The van der Waals surface area contributed by atoms with Crippen LogP contribution in [0.3, 0.4) is 0 Å². The summed E-state index contributed by atoms with van der Waals surface area (Å²) in [6.45, 7) is 0. The van der Waals surface area contributed by atoms with E-state index in [1.807, 2.05) is 22.7 Å². The van der Waals surface area contributed by atoms with Gasteiger partial charge in [0.15, 0.2) is 0 Å². The van der Waals surface area contributed by atoms with Crippen molar-refractivity contribution in [2.45, 2.75) is 0 Å². The quantitative estimate of drug-likeness (QED) is 0.161. The molecule has 11 aromatic rings. The second-order valence-corrected chi connectivity index (χ2v) is 15.6. The molecule has 11 rings (SSSR count). The lowest BCUT2D eigenvalue weighted by atomic mass is 9.85. The van der Waals surface area contributed by atoms with Crippen molar-refractivity contribution >= 4 is 85.2 Å². The van der Waals surface area contributed by atoms with Gasteiger partial charge in [-0.2, -0.15) is 0 Å². The van der Waals surface area contributed by atoms with Gasteiger partial charge in [-0.25, -0.2) is 0 Å². The van der Waals surface area contributed by atoms with Crippen LogP contribution in [0.5, 0.6) is 0 Å². The Hall–Kier alpha value is -6.06. The molecule has 0 saturated carbocycles. The van der Waals surface area contributed by atoms with Crippen molar-refractivity contribution in [3.8, 4) is 43.8 Å². The molecule has 0 N–H and O–H groups in total. The van der Waals surface area contributed by atoms with E-state index < -0.39 is 0 Å². The SMILES string of the molecule is c1ccc(-c2sc3ccc4sc5c(-c6c7ccccc7c(-c7ccc8ccccc8c7)c7ccccc67)cccc5c4c3c2-c2ccccc2)cc1. The maximum absolute atomic E-state index is 2.36. The Labute approximate surface area is 309 Å². The molecule has 2 aromatic heterocycles. The third-order valence-electron chi connectivity index (χ3n) is 10.7. The summed E-state index contributed by atoms with van der Waals surface area (Å²) in [6, 6.07) is 67.1. The molecule has 0 spiro atoms. The minimum atomic E-state index is 1.25. The molecule has 9 aromatic carbocycles. The zero-order valence-corrected chi connectivity index (χ0v) is 29.8. The lowest BCUT2D eigenvalue weighted by Crippen LogP contribution is -1.91. The predicted octanol–water partition coefficient (Wildman–Crippen LogP) is 15.4. The van der Waals surface area contributed by atoms with Gasteiger partial charge >= 0.3 is 0 Å². The van der Waals surface area contributed by atoms with Crippen molar-refractivity contribution in [1.82, 2.24) is 0 Å². The van der Waals surface area contributed by atoms with Gasteiger partial charge < -0.3 is 0 Å². The molecule has 0 bridgehead atoms. The Morgan fingerprint density at radius 3 is 1.56 bits per heavy atom. The highest BCUT2D eigenvalue weighted by atomic mass is 32.1. The average molecular weight is 695 g/mol. The molecule has 0 fully saturated rings. The number of rotatable bonds is 4. The van der Waals surface area contributed by atoms with Gasteiger partial charge in [0, 0.05) is 46.3 Å². The second kappa shape index (κ2) is 11.7. The van der Waals surface area contributed by atoms with Crippen LogP contribution in [0.15, 0.2) is 182 Å². The largest absolute Gasteiger partial charge is 0.135 e. The second-order valence-electron chi connectivity index (χ2n) is 13.5. The predicted molar refractivity (Wildman–Crippen MR) is 229 cm³/mol. The van der Waals surface area contributed by atoms with E-state index in [0.717, 1.165) is 0 Å². The van der Waals surface area contributed by atoms with Crippen molar-refractivity contribution in [3.63, 3.8) is 0 Å². The van der Waals surface area contributed by atoms with Crippen LogP contribution in [0.2, 0.25) is 0 Å². The van der Waals surface area contributed by atoms with Crippen LogP contribution in [-0.2, 0) is 0 Å². The number of fused-ring (bicyclic) bond motifs is 8. The molecule has 0 nitrogen and oxygen atoms in total. The summed E-state index contributed by atoms with van der Waals surface area (Å²) < 4.78 is 3.99. The van der Waals surface area contributed by atoms with Crippen molar-refractivity contribution in [3.05, 3.63) is 182 Å². The molecule has 0 atom stereocenters. The van der Waals surface area contributed by atoms with Gasteiger partial charge in [-0.3, -0.25) is 0 Å². The maximum atomic E-state index is 2.36. The molecule has 0 aliphatic rings. The molecule has 0 unspecified atom stereocenters. The van der Waals surface area contributed by atoms with Gasteiger partial charge in [0.2, 0.25) is 0 Å². The van der Waals surface area contributed by atoms with Crippen LogP contribution in [0.1, 0.15) is 0 Å². The van der Waals surface area contributed by atoms with Crippen molar-refractivity contribution in [2.24, 2.45) is 0 Å². The number of thiophene rings is 2. The normalized spacial score (nSPS) is 11.8. The molecule has 2 heterocycles. The number of hydrogen-bond acceptors (Lipinski definition) is 2. The fourth-order valence-corrected chi connectivity index (χ4v) is 10.9. The first kappa shape index (κ1) is 29.6. The Balaban J connectivity index is 1.23. The first-order chi connectivity index (χ1) is 25.8. The zero-order chi connectivity index (χ0) is 34.2. The maximum Gasteiger partial charge on any atom is 0.0434 e. The number of hydrogen-bond donors (Lipinski definition) is 0. The first-order valence-corrected chi connectivity index (χ1v) is 19.4. The van der Waals surface area contributed by atoms with E-state index in [1.54, 1.807) is 0 Å². The van der Waals surface area contributed by atoms with Crippen LogP contribution in [0.4, 0.5) is 0 Å². The van der Waals surface area contributed by atoms with Crippen molar-refractivity contribution in [2.75, 3.05) is 0 Å². The monoisotopic (exact) mass is 694 g/mol. The summed E-state index contributed by atoms with van der Waals surface area (Å²) in [4.78, 5) is 1.33. The third kappa shape index (κ3) is 4.45. The smallest absolute Gasteiger partial charge is 0.0434 e. The lowest BCUT2D eigenvalue weighted by molar-refractivity contribution is 1.66. The fraction of sp³-hybridized carbons (Fsp3) is 0. The van der Waals surface area contributed by atoms with E-state index in [-0.39, 0.29) is 0 Å². The van der Waals surface area contributed by atoms with Gasteiger partial charge in [0.1, 0.15) is 0 Å². The van der Waals surface area contributed by atoms with Gasteiger partial charge in [0.25, 0.3) is 0 Å². The Morgan fingerprint density at radius 1 is 0.308 bits per heavy atom.